The maximum absolute atomic E-state index is 11.7. The Hall–Kier alpha value is -2.18. The highest BCUT2D eigenvalue weighted by Gasteiger charge is 2.31. The van der Waals surface area contributed by atoms with Gasteiger partial charge in [0, 0.05) is 64.2 Å². The molecule has 6 nitrogen and oxygen atoms in total. The van der Waals surface area contributed by atoms with Gasteiger partial charge < -0.3 is 9.80 Å². The van der Waals surface area contributed by atoms with Crippen LogP contribution in [0.15, 0.2) is 30.3 Å². The highest BCUT2D eigenvalue weighted by molar-refractivity contribution is 6.28. The Kier molecular flexibility index (Phi) is 5.51. The van der Waals surface area contributed by atoms with Crippen molar-refractivity contribution in [3.8, 4) is 0 Å². The van der Waals surface area contributed by atoms with Crippen LogP contribution in [0.5, 0.6) is 0 Å². The highest BCUT2D eigenvalue weighted by Crippen LogP contribution is 2.31. The minimum absolute atomic E-state index is 0.128. The van der Waals surface area contributed by atoms with Gasteiger partial charge in [0.05, 0.1) is 5.69 Å². The molecular formula is C21H26ClN5O. The fraction of sp³-hybridized carbons (Fsp3) is 0.476. The maximum atomic E-state index is 11.7. The van der Waals surface area contributed by atoms with Crippen LogP contribution in [0, 0.1) is 0 Å². The first-order chi connectivity index (χ1) is 13.5. The molecule has 0 N–H and O–H groups in total. The highest BCUT2D eigenvalue weighted by atomic mass is 35.5. The van der Waals surface area contributed by atoms with E-state index >= 15 is 0 Å². The van der Waals surface area contributed by atoms with Gasteiger partial charge in [-0.2, -0.15) is 0 Å². The third-order valence-corrected chi connectivity index (χ3v) is 5.85. The molecule has 2 aliphatic rings. The van der Waals surface area contributed by atoms with Crippen molar-refractivity contribution < 1.29 is 4.79 Å². The molecule has 1 aromatic heterocycles. The molecule has 28 heavy (non-hydrogen) atoms. The summed E-state index contributed by atoms with van der Waals surface area (Å²) < 4.78 is 0. The summed E-state index contributed by atoms with van der Waals surface area (Å²) >= 11 is 6.27. The van der Waals surface area contributed by atoms with Gasteiger partial charge in [-0.1, -0.05) is 30.3 Å². The number of piperazine rings is 1. The Morgan fingerprint density at radius 2 is 1.96 bits per heavy atom. The van der Waals surface area contributed by atoms with E-state index in [1.54, 1.807) is 6.92 Å². The van der Waals surface area contributed by atoms with E-state index < -0.39 is 0 Å². The molecule has 0 spiro atoms. The van der Waals surface area contributed by atoms with E-state index in [0.29, 0.717) is 18.4 Å². The van der Waals surface area contributed by atoms with Gasteiger partial charge >= 0.3 is 0 Å². The van der Waals surface area contributed by atoms with Gasteiger partial charge in [-0.15, -0.1) is 0 Å². The first-order valence-corrected chi connectivity index (χ1v) is 10.2. The monoisotopic (exact) mass is 399 g/mol. The molecule has 0 saturated carbocycles. The molecule has 0 aliphatic carbocycles. The first-order valence-electron chi connectivity index (χ1n) is 9.85. The molecule has 4 rings (SSSR count). The summed E-state index contributed by atoms with van der Waals surface area (Å²) in [5.74, 6) is 1.06. The standard InChI is InChI=1S/C21H26ClN5O/c1-15-12-26(16(2)28)10-11-27(15)20-18-14-25(13-17-6-4-3-5-7-17)9-8-19(18)23-21(22)24-20/h3-7,15H,8-14H2,1-2H3/t15-/m1/s1. The Labute approximate surface area is 171 Å². The zero-order valence-corrected chi connectivity index (χ0v) is 17.2. The fourth-order valence-corrected chi connectivity index (χ4v) is 4.38. The lowest BCUT2D eigenvalue weighted by atomic mass is 10.0. The number of halogens is 1. The van der Waals surface area contributed by atoms with E-state index in [-0.39, 0.29) is 11.9 Å². The van der Waals surface area contributed by atoms with Gasteiger partial charge in [0.15, 0.2) is 0 Å². The van der Waals surface area contributed by atoms with Gasteiger partial charge in [-0.05, 0) is 24.1 Å². The molecule has 7 heteroatoms. The molecule has 2 aliphatic heterocycles. The third kappa shape index (κ3) is 3.98. The van der Waals surface area contributed by atoms with Crippen LogP contribution in [0.2, 0.25) is 5.28 Å². The van der Waals surface area contributed by atoms with E-state index in [1.165, 1.54) is 11.1 Å². The lowest BCUT2D eigenvalue weighted by Crippen LogP contribution is -2.54. The second-order valence-corrected chi connectivity index (χ2v) is 8.03. The van der Waals surface area contributed by atoms with Crippen LogP contribution in [-0.4, -0.2) is 57.9 Å². The molecule has 2 aromatic rings. The number of hydrogen-bond acceptors (Lipinski definition) is 5. The number of fused-ring (bicyclic) bond motifs is 1. The van der Waals surface area contributed by atoms with Crippen LogP contribution >= 0.6 is 11.6 Å². The van der Waals surface area contributed by atoms with Gasteiger partial charge in [0.25, 0.3) is 0 Å². The summed E-state index contributed by atoms with van der Waals surface area (Å²) in [5.41, 5.74) is 3.54. The van der Waals surface area contributed by atoms with Crippen LogP contribution in [-0.2, 0) is 24.3 Å². The van der Waals surface area contributed by atoms with Crippen LogP contribution in [0.4, 0.5) is 5.82 Å². The molecule has 0 radical (unpaired) electrons. The Morgan fingerprint density at radius 3 is 2.68 bits per heavy atom. The minimum atomic E-state index is 0.128. The number of anilines is 1. The Balaban J connectivity index is 1.58. The van der Waals surface area contributed by atoms with Crippen molar-refractivity contribution >= 4 is 23.3 Å². The van der Waals surface area contributed by atoms with Crippen LogP contribution in [0.25, 0.3) is 0 Å². The minimum Gasteiger partial charge on any atom is -0.350 e. The lowest BCUT2D eigenvalue weighted by Gasteiger charge is -2.42. The zero-order valence-electron chi connectivity index (χ0n) is 16.4. The van der Waals surface area contributed by atoms with Crippen molar-refractivity contribution in [3.05, 3.63) is 52.4 Å². The number of carbonyl (C=O) groups is 1. The molecule has 148 valence electrons. The zero-order chi connectivity index (χ0) is 19.7. The molecule has 1 aromatic carbocycles. The molecule has 0 unspecified atom stereocenters. The topological polar surface area (TPSA) is 52.6 Å². The summed E-state index contributed by atoms with van der Waals surface area (Å²) in [6.07, 6.45) is 0.874. The molecule has 1 atom stereocenters. The number of nitrogens with zero attached hydrogens (tertiary/aromatic N) is 5. The summed E-state index contributed by atoms with van der Waals surface area (Å²) in [5, 5.41) is 0.312. The lowest BCUT2D eigenvalue weighted by molar-refractivity contribution is -0.129. The van der Waals surface area contributed by atoms with Gasteiger partial charge in [0.2, 0.25) is 11.2 Å². The van der Waals surface area contributed by atoms with Crippen molar-refractivity contribution in [2.75, 3.05) is 31.1 Å². The maximum Gasteiger partial charge on any atom is 0.224 e. The SMILES string of the molecule is CC(=O)N1CCN(c2nc(Cl)nc3c2CN(Cc2ccccc2)CC3)[C@H](C)C1. The van der Waals surface area contributed by atoms with E-state index in [1.807, 2.05) is 11.0 Å². The van der Waals surface area contributed by atoms with Crippen LogP contribution in [0.1, 0.15) is 30.7 Å². The van der Waals surface area contributed by atoms with E-state index in [9.17, 15) is 4.79 Å². The predicted molar refractivity (Wildman–Crippen MR) is 110 cm³/mol. The average molecular weight is 400 g/mol. The predicted octanol–water partition coefficient (Wildman–Crippen LogP) is 2.75. The number of hydrogen-bond donors (Lipinski definition) is 0. The van der Waals surface area contributed by atoms with E-state index in [4.69, 9.17) is 11.6 Å². The Morgan fingerprint density at radius 1 is 1.18 bits per heavy atom. The Bertz CT molecular complexity index is 859. The van der Waals surface area contributed by atoms with Crippen LogP contribution < -0.4 is 4.90 Å². The summed E-state index contributed by atoms with van der Waals surface area (Å²) in [4.78, 5) is 27.5. The first kappa shape index (κ1) is 19.2. The van der Waals surface area contributed by atoms with Gasteiger partial charge in [0.1, 0.15) is 5.82 Å². The third-order valence-electron chi connectivity index (χ3n) is 5.68. The molecule has 1 saturated heterocycles. The van der Waals surface area contributed by atoms with Crippen molar-refractivity contribution in [2.24, 2.45) is 0 Å². The van der Waals surface area contributed by atoms with Crippen molar-refractivity contribution in [3.63, 3.8) is 0 Å². The smallest absolute Gasteiger partial charge is 0.224 e. The number of aromatic nitrogens is 2. The molecule has 3 heterocycles. The van der Waals surface area contributed by atoms with Crippen molar-refractivity contribution in [1.29, 1.82) is 0 Å². The second kappa shape index (κ2) is 8.05. The number of benzene rings is 1. The molecule has 0 bridgehead atoms. The van der Waals surface area contributed by atoms with Crippen LogP contribution in [0.3, 0.4) is 0 Å². The summed E-state index contributed by atoms with van der Waals surface area (Å²) in [6, 6.07) is 10.7. The summed E-state index contributed by atoms with van der Waals surface area (Å²) in [6.45, 7) is 8.65. The van der Waals surface area contributed by atoms with E-state index in [2.05, 4.69) is 51.0 Å². The number of carbonyl (C=O) groups excluding carboxylic acids is 1. The van der Waals surface area contributed by atoms with Gasteiger partial charge in [-0.25, -0.2) is 9.97 Å². The summed E-state index contributed by atoms with van der Waals surface area (Å²) in [7, 11) is 0. The quantitative estimate of drug-likeness (QED) is 0.743. The normalized spacial score (nSPS) is 20.2. The molecule has 1 amide bonds. The number of rotatable bonds is 3. The molecule has 1 fully saturated rings. The number of amides is 1. The fourth-order valence-electron chi connectivity index (χ4n) is 4.20. The second-order valence-electron chi connectivity index (χ2n) is 7.70. The van der Waals surface area contributed by atoms with Crippen molar-refractivity contribution in [2.45, 2.75) is 39.4 Å². The largest absolute Gasteiger partial charge is 0.350 e. The van der Waals surface area contributed by atoms with E-state index in [0.717, 1.165) is 44.1 Å². The average Bonchev–Trinajstić information content (AvgIpc) is 2.68. The van der Waals surface area contributed by atoms with Gasteiger partial charge in [-0.3, -0.25) is 9.69 Å². The van der Waals surface area contributed by atoms with Crippen molar-refractivity contribution in [1.82, 2.24) is 19.8 Å². The molecular weight excluding hydrogens is 374 g/mol.